The first-order valence-electron chi connectivity index (χ1n) is 6.42. The van der Waals surface area contributed by atoms with Gasteiger partial charge in [0.1, 0.15) is 0 Å². The number of hydrogen-bond acceptors (Lipinski definition) is 2. The Labute approximate surface area is 123 Å². The highest BCUT2D eigenvalue weighted by molar-refractivity contribution is 6.30. The van der Waals surface area contributed by atoms with Crippen LogP contribution in [0.4, 0.5) is 4.39 Å². The molecule has 0 saturated carbocycles. The summed E-state index contributed by atoms with van der Waals surface area (Å²) >= 11 is 5.86. The molecule has 0 heterocycles. The lowest BCUT2D eigenvalue weighted by Gasteiger charge is -2.15. The van der Waals surface area contributed by atoms with Crippen molar-refractivity contribution in [3.05, 3.63) is 64.4 Å². The first-order valence-corrected chi connectivity index (χ1v) is 6.80. The molecule has 0 bridgehead atoms. The molecule has 4 heteroatoms. The molecular formula is C16H17ClFNO. The maximum Gasteiger partial charge on any atom is 0.169 e. The second kappa shape index (κ2) is 6.73. The van der Waals surface area contributed by atoms with Gasteiger partial charge in [-0.25, -0.2) is 4.39 Å². The predicted molar refractivity (Wildman–Crippen MR) is 79.7 cm³/mol. The van der Waals surface area contributed by atoms with Gasteiger partial charge in [0.15, 0.2) is 11.6 Å². The number of rotatable bonds is 5. The van der Waals surface area contributed by atoms with Gasteiger partial charge < -0.3 is 10.1 Å². The molecule has 20 heavy (non-hydrogen) atoms. The Morgan fingerprint density at radius 2 is 1.90 bits per heavy atom. The molecule has 0 saturated heterocycles. The summed E-state index contributed by atoms with van der Waals surface area (Å²) in [6.07, 6.45) is 0. The third-order valence-electron chi connectivity index (χ3n) is 3.23. The topological polar surface area (TPSA) is 21.3 Å². The molecule has 0 aliphatic carbocycles. The third kappa shape index (κ3) is 3.50. The normalized spacial score (nSPS) is 12.2. The minimum atomic E-state index is -0.314. The van der Waals surface area contributed by atoms with E-state index in [0.29, 0.717) is 17.1 Å². The van der Waals surface area contributed by atoms with E-state index in [-0.39, 0.29) is 17.6 Å². The van der Waals surface area contributed by atoms with E-state index in [9.17, 15) is 4.39 Å². The summed E-state index contributed by atoms with van der Waals surface area (Å²) in [7, 11) is 1.46. The van der Waals surface area contributed by atoms with Crippen LogP contribution in [0.25, 0.3) is 0 Å². The summed E-state index contributed by atoms with van der Waals surface area (Å²) in [5, 5.41) is 4.00. The van der Waals surface area contributed by atoms with Gasteiger partial charge in [0.25, 0.3) is 0 Å². The van der Waals surface area contributed by atoms with E-state index in [2.05, 4.69) is 5.32 Å². The van der Waals surface area contributed by atoms with Gasteiger partial charge in [-0.2, -0.15) is 0 Å². The number of methoxy groups -OCH3 is 1. The van der Waals surface area contributed by atoms with Gasteiger partial charge in [0, 0.05) is 23.2 Å². The Morgan fingerprint density at radius 1 is 1.20 bits per heavy atom. The van der Waals surface area contributed by atoms with Crippen molar-refractivity contribution in [2.24, 2.45) is 0 Å². The van der Waals surface area contributed by atoms with Crippen LogP contribution in [0.1, 0.15) is 24.1 Å². The SMILES string of the molecule is COc1cccc(CNC(C)c2ccc(Cl)cc2)c1F. The van der Waals surface area contributed by atoms with Gasteiger partial charge in [-0.1, -0.05) is 35.9 Å². The maximum absolute atomic E-state index is 14.0. The summed E-state index contributed by atoms with van der Waals surface area (Å²) in [5.41, 5.74) is 1.70. The monoisotopic (exact) mass is 293 g/mol. The Balaban J connectivity index is 2.03. The zero-order chi connectivity index (χ0) is 14.5. The average Bonchev–Trinajstić information content (AvgIpc) is 2.46. The van der Waals surface area contributed by atoms with Gasteiger partial charge in [-0.15, -0.1) is 0 Å². The molecule has 106 valence electrons. The highest BCUT2D eigenvalue weighted by atomic mass is 35.5. The fraction of sp³-hybridized carbons (Fsp3) is 0.250. The van der Waals surface area contributed by atoms with E-state index in [4.69, 9.17) is 16.3 Å². The summed E-state index contributed by atoms with van der Waals surface area (Å²) in [6.45, 7) is 2.47. The van der Waals surface area contributed by atoms with Crippen molar-refractivity contribution in [2.75, 3.05) is 7.11 Å². The summed E-state index contributed by atoms with van der Waals surface area (Å²) in [5.74, 6) is -0.0470. The number of ether oxygens (including phenoxy) is 1. The van der Waals surface area contributed by atoms with Crippen LogP contribution in [-0.4, -0.2) is 7.11 Å². The molecule has 0 aromatic heterocycles. The zero-order valence-corrected chi connectivity index (χ0v) is 12.2. The lowest BCUT2D eigenvalue weighted by Crippen LogP contribution is -2.18. The van der Waals surface area contributed by atoms with E-state index in [0.717, 1.165) is 5.56 Å². The van der Waals surface area contributed by atoms with Crippen molar-refractivity contribution < 1.29 is 9.13 Å². The number of halogens is 2. The van der Waals surface area contributed by atoms with Crippen molar-refractivity contribution in [3.8, 4) is 5.75 Å². The lowest BCUT2D eigenvalue weighted by molar-refractivity contribution is 0.382. The number of nitrogens with one attached hydrogen (secondary N) is 1. The largest absolute Gasteiger partial charge is 0.494 e. The highest BCUT2D eigenvalue weighted by Crippen LogP contribution is 2.21. The van der Waals surface area contributed by atoms with Crippen LogP contribution in [-0.2, 0) is 6.54 Å². The summed E-state index contributed by atoms with van der Waals surface area (Å²) in [4.78, 5) is 0. The fourth-order valence-electron chi connectivity index (χ4n) is 1.98. The first kappa shape index (κ1) is 14.8. The van der Waals surface area contributed by atoms with Crippen molar-refractivity contribution in [1.29, 1.82) is 0 Å². The predicted octanol–water partition coefficient (Wildman–Crippen LogP) is 4.34. The summed E-state index contributed by atoms with van der Waals surface area (Å²) in [6, 6.07) is 12.9. The van der Waals surface area contributed by atoms with E-state index in [1.807, 2.05) is 31.2 Å². The maximum atomic E-state index is 14.0. The molecule has 1 atom stereocenters. The Kier molecular flexibility index (Phi) is 4.99. The molecule has 0 amide bonds. The Morgan fingerprint density at radius 3 is 2.55 bits per heavy atom. The molecule has 1 N–H and O–H groups in total. The molecule has 0 aliphatic rings. The average molecular weight is 294 g/mol. The van der Waals surface area contributed by atoms with Crippen molar-refractivity contribution in [1.82, 2.24) is 5.32 Å². The molecule has 1 unspecified atom stereocenters. The van der Waals surface area contributed by atoms with Crippen LogP contribution >= 0.6 is 11.6 Å². The molecule has 0 spiro atoms. The van der Waals surface area contributed by atoms with Crippen LogP contribution in [0.3, 0.4) is 0 Å². The van der Waals surface area contributed by atoms with Gasteiger partial charge in [0.05, 0.1) is 7.11 Å². The number of hydrogen-bond donors (Lipinski definition) is 1. The second-order valence-electron chi connectivity index (χ2n) is 4.59. The molecule has 2 nitrogen and oxygen atoms in total. The van der Waals surface area contributed by atoms with Crippen molar-refractivity contribution >= 4 is 11.6 Å². The molecule has 0 radical (unpaired) electrons. The van der Waals surface area contributed by atoms with E-state index in [1.165, 1.54) is 7.11 Å². The third-order valence-corrected chi connectivity index (χ3v) is 3.48. The van der Waals surface area contributed by atoms with Crippen LogP contribution in [0.15, 0.2) is 42.5 Å². The Bertz CT molecular complexity index is 571. The zero-order valence-electron chi connectivity index (χ0n) is 11.5. The van der Waals surface area contributed by atoms with Crippen LogP contribution in [0.2, 0.25) is 5.02 Å². The quantitative estimate of drug-likeness (QED) is 0.885. The Hall–Kier alpha value is -1.58. The smallest absolute Gasteiger partial charge is 0.169 e. The molecule has 2 aromatic carbocycles. The molecule has 2 rings (SSSR count). The van der Waals surface area contributed by atoms with Gasteiger partial charge in [-0.3, -0.25) is 0 Å². The number of benzene rings is 2. The van der Waals surface area contributed by atoms with Gasteiger partial charge in [-0.05, 0) is 30.7 Å². The molecule has 0 fully saturated rings. The standard InChI is InChI=1S/C16H17ClFNO/c1-11(12-6-8-14(17)9-7-12)19-10-13-4-3-5-15(20-2)16(13)18/h3-9,11,19H,10H2,1-2H3. The molecule has 0 aliphatic heterocycles. The minimum absolute atomic E-state index is 0.109. The molecule has 2 aromatic rings. The summed E-state index contributed by atoms with van der Waals surface area (Å²) < 4.78 is 19.0. The highest BCUT2D eigenvalue weighted by Gasteiger charge is 2.10. The first-order chi connectivity index (χ1) is 9.61. The van der Waals surface area contributed by atoms with Gasteiger partial charge >= 0.3 is 0 Å². The van der Waals surface area contributed by atoms with E-state index in [1.54, 1.807) is 18.2 Å². The second-order valence-corrected chi connectivity index (χ2v) is 5.02. The van der Waals surface area contributed by atoms with Crippen LogP contribution in [0.5, 0.6) is 5.75 Å². The van der Waals surface area contributed by atoms with E-state index >= 15 is 0 Å². The van der Waals surface area contributed by atoms with Crippen molar-refractivity contribution in [2.45, 2.75) is 19.5 Å². The fourth-order valence-corrected chi connectivity index (χ4v) is 2.11. The minimum Gasteiger partial charge on any atom is -0.494 e. The van der Waals surface area contributed by atoms with E-state index < -0.39 is 0 Å². The van der Waals surface area contributed by atoms with Crippen LogP contribution < -0.4 is 10.1 Å². The lowest BCUT2D eigenvalue weighted by atomic mass is 10.1. The molecular weight excluding hydrogens is 277 g/mol. The van der Waals surface area contributed by atoms with Crippen molar-refractivity contribution in [3.63, 3.8) is 0 Å². The van der Waals surface area contributed by atoms with Crippen LogP contribution in [0, 0.1) is 5.82 Å². The van der Waals surface area contributed by atoms with Gasteiger partial charge in [0.2, 0.25) is 0 Å².